The van der Waals surface area contributed by atoms with Gasteiger partial charge >= 0.3 is 35.8 Å². The van der Waals surface area contributed by atoms with Crippen LogP contribution in [0.25, 0.3) is 0 Å². The largest absolute Gasteiger partial charge is 0.481 e. The first-order valence-electron chi connectivity index (χ1n) is 23.0. The summed E-state index contributed by atoms with van der Waals surface area (Å²) < 4.78 is 36.8. The van der Waals surface area contributed by atoms with Gasteiger partial charge in [-0.2, -0.15) is 0 Å². The van der Waals surface area contributed by atoms with Crippen LogP contribution in [0.4, 0.5) is 0 Å². The van der Waals surface area contributed by atoms with Gasteiger partial charge in [0.1, 0.15) is 30.0 Å². The molecule has 4 aliphatic rings. The Morgan fingerprint density at radius 3 is 1.96 bits per heavy atom. The Labute approximate surface area is 403 Å². The highest BCUT2D eigenvalue weighted by atomic mass is 16.6. The van der Waals surface area contributed by atoms with Gasteiger partial charge in [-0.3, -0.25) is 28.8 Å². The van der Waals surface area contributed by atoms with E-state index < -0.39 is 131 Å². The summed E-state index contributed by atoms with van der Waals surface area (Å²) in [4.78, 5) is 110. The lowest BCUT2D eigenvalue weighted by molar-refractivity contribution is -0.346. The van der Waals surface area contributed by atoms with Crippen molar-refractivity contribution in [3.05, 3.63) is 119 Å². The SMILES string of the molecule is CC(=O)O[C@H]1C(=O)[C@]2(C)[C@@H](OC(=O)CCCC(=O)O)C[C@H]3OC[C@@]3(OC(C)=O)[C@H]2[C@H](OC(=O)c2ccccc2)[C@]2(O)C[C@H](OC(=O)[C@H](O)[C@@H](NC(=O)c3ccccc3)c3ccccc3)C(C)=C1C2(C)C. The molecular weight excluding hydrogens is 911 g/mol. The normalized spacial score (nSPS) is 29.4. The first-order chi connectivity index (χ1) is 33.1. The van der Waals surface area contributed by atoms with Gasteiger partial charge in [-0.1, -0.05) is 80.6 Å². The van der Waals surface area contributed by atoms with Gasteiger partial charge in [0.05, 0.1) is 29.5 Å². The van der Waals surface area contributed by atoms with Crippen LogP contribution in [0.3, 0.4) is 0 Å². The van der Waals surface area contributed by atoms with Crippen LogP contribution < -0.4 is 5.32 Å². The number of hydrogen-bond acceptors (Lipinski definition) is 16. The van der Waals surface area contributed by atoms with Crippen molar-refractivity contribution < 1.29 is 82.1 Å². The molecule has 0 spiro atoms. The summed E-state index contributed by atoms with van der Waals surface area (Å²) in [7, 11) is 0. The average molecular weight is 968 g/mol. The number of hydrogen-bond donors (Lipinski definition) is 4. The van der Waals surface area contributed by atoms with E-state index >= 15 is 4.79 Å². The number of rotatable bonds is 15. The third-order valence-electron chi connectivity index (χ3n) is 14.5. The third kappa shape index (κ3) is 9.34. The topological polar surface area (TPSA) is 265 Å². The Hall–Kier alpha value is -6.76. The Morgan fingerprint density at radius 1 is 0.800 bits per heavy atom. The monoisotopic (exact) mass is 967 g/mol. The fraction of sp³-hybridized carbons (Fsp3) is 0.462. The zero-order valence-electron chi connectivity index (χ0n) is 39.6. The predicted octanol–water partition coefficient (Wildman–Crippen LogP) is 4.54. The Balaban J connectivity index is 1.41. The highest BCUT2D eigenvalue weighted by molar-refractivity contribution is 5.96. The number of carboxylic acids is 1. The van der Waals surface area contributed by atoms with Crippen molar-refractivity contribution in [2.45, 2.75) is 128 Å². The van der Waals surface area contributed by atoms with E-state index in [1.807, 2.05) is 0 Å². The number of carbonyl (C=O) groups is 8. The number of ether oxygens (including phenoxy) is 6. The number of carbonyl (C=O) groups excluding carboxylic acids is 7. The molecule has 372 valence electrons. The smallest absolute Gasteiger partial charge is 0.338 e. The minimum Gasteiger partial charge on any atom is -0.481 e. The maximum absolute atomic E-state index is 16.1. The first-order valence-corrected chi connectivity index (χ1v) is 23.0. The van der Waals surface area contributed by atoms with E-state index in [1.54, 1.807) is 78.9 Å². The van der Waals surface area contributed by atoms with Crippen molar-refractivity contribution in [2.24, 2.45) is 16.7 Å². The van der Waals surface area contributed by atoms with Crippen LogP contribution in [-0.2, 0) is 57.2 Å². The highest BCUT2D eigenvalue weighted by Crippen LogP contribution is 2.65. The van der Waals surface area contributed by atoms with Crippen LogP contribution in [-0.4, -0.2) is 117 Å². The molecule has 18 heteroatoms. The molecule has 3 aromatic rings. The summed E-state index contributed by atoms with van der Waals surface area (Å²) in [6, 6.07) is 22.5. The van der Waals surface area contributed by atoms with Crippen LogP contribution in [0.15, 0.2) is 102 Å². The molecule has 18 nitrogen and oxygen atoms in total. The van der Waals surface area contributed by atoms with E-state index in [-0.39, 0.29) is 48.0 Å². The van der Waals surface area contributed by atoms with Gasteiger partial charge in [-0.05, 0) is 61.2 Å². The molecule has 11 atom stereocenters. The molecule has 0 radical (unpaired) electrons. The second-order valence-electron chi connectivity index (χ2n) is 19.1. The fourth-order valence-corrected chi connectivity index (χ4v) is 10.9. The van der Waals surface area contributed by atoms with E-state index in [2.05, 4.69) is 5.32 Å². The molecule has 3 aromatic carbocycles. The predicted molar refractivity (Wildman–Crippen MR) is 243 cm³/mol. The van der Waals surface area contributed by atoms with Crippen LogP contribution in [0.1, 0.15) is 106 Å². The maximum Gasteiger partial charge on any atom is 0.338 e. The molecule has 1 heterocycles. The van der Waals surface area contributed by atoms with Crippen molar-refractivity contribution in [3.63, 3.8) is 0 Å². The zero-order valence-corrected chi connectivity index (χ0v) is 39.6. The number of aliphatic hydroxyl groups excluding tert-OH is 1. The summed E-state index contributed by atoms with van der Waals surface area (Å²) in [5.41, 5.74) is -7.76. The molecule has 3 aliphatic carbocycles. The minimum absolute atomic E-state index is 0.00954. The molecule has 1 aliphatic heterocycles. The lowest BCUT2D eigenvalue weighted by atomic mass is 9.44. The summed E-state index contributed by atoms with van der Waals surface area (Å²) in [6.45, 7) is 7.67. The summed E-state index contributed by atoms with van der Waals surface area (Å²) >= 11 is 0. The number of esters is 5. The van der Waals surface area contributed by atoms with Crippen molar-refractivity contribution in [3.8, 4) is 0 Å². The highest BCUT2D eigenvalue weighted by Gasteiger charge is 2.79. The lowest BCUT2D eigenvalue weighted by Crippen LogP contribution is -2.82. The lowest BCUT2D eigenvalue weighted by Gasteiger charge is -2.67. The van der Waals surface area contributed by atoms with Gasteiger partial charge in [0.2, 0.25) is 0 Å². The summed E-state index contributed by atoms with van der Waals surface area (Å²) in [6.07, 6.45) is -12.0. The molecule has 0 aromatic heterocycles. The summed E-state index contributed by atoms with van der Waals surface area (Å²) in [5.74, 6) is -9.40. The van der Waals surface area contributed by atoms with E-state index in [9.17, 15) is 48.9 Å². The second-order valence-corrected chi connectivity index (χ2v) is 19.1. The Morgan fingerprint density at radius 2 is 1.40 bits per heavy atom. The first kappa shape index (κ1) is 51.1. The number of carboxylic acid groups (broad SMARTS) is 1. The number of aliphatic carboxylic acids is 1. The second kappa shape index (κ2) is 19.9. The molecular formula is C52H57NO17. The third-order valence-corrected chi connectivity index (χ3v) is 14.5. The van der Waals surface area contributed by atoms with Gasteiger partial charge in [-0.25, -0.2) is 9.59 Å². The van der Waals surface area contributed by atoms with E-state index in [0.717, 1.165) is 13.8 Å². The number of aliphatic hydroxyl groups is 2. The quantitative estimate of drug-likeness (QED) is 0.0925. The number of amides is 1. The van der Waals surface area contributed by atoms with Crippen LogP contribution >= 0.6 is 0 Å². The van der Waals surface area contributed by atoms with Gasteiger partial charge in [0, 0.05) is 50.5 Å². The maximum atomic E-state index is 16.1. The van der Waals surface area contributed by atoms with Crippen molar-refractivity contribution >= 4 is 47.5 Å². The molecule has 1 saturated heterocycles. The number of fused-ring (bicyclic) bond motifs is 5. The number of nitrogens with one attached hydrogen (secondary N) is 1. The molecule has 2 bridgehead atoms. The molecule has 70 heavy (non-hydrogen) atoms. The number of ketones is 1. The standard InChI is InChI=1S/C52H57NO17/c1-28-34(67-48(63)41(59)40(31-17-10-7-11-18-31)53-46(61)32-19-12-8-13-20-32)26-52(64)45(69-47(62)33-21-14-9-15-22-33)43-50(6,44(60)42(66-29(2)54)39(28)49(52,4)5)35(68-38(58)24-16-23-37(56)57)25-36-51(43,27-65-36)70-30(3)55/h7-15,17-22,34-36,40-43,45,59,64H,16,23-27H2,1-6H3,(H,53,61)(H,56,57)/t34-,35-,36+,40-,41+,42+,43-,45-,50+,51-,52+/m0/s1. The van der Waals surface area contributed by atoms with Gasteiger partial charge in [-0.15, -0.1) is 0 Å². The zero-order chi connectivity index (χ0) is 50.9. The van der Waals surface area contributed by atoms with Gasteiger partial charge in [0.15, 0.2) is 23.6 Å². The van der Waals surface area contributed by atoms with E-state index in [1.165, 1.54) is 39.8 Å². The molecule has 4 N–H and O–H groups in total. The van der Waals surface area contributed by atoms with Gasteiger partial charge < -0.3 is 49.1 Å². The molecule has 7 rings (SSSR count). The van der Waals surface area contributed by atoms with Crippen LogP contribution in [0.2, 0.25) is 0 Å². The van der Waals surface area contributed by atoms with Gasteiger partial charge in [0.25, 0.3) is 5.91 Å². The number of Topliss-reactive ketones (excluding diaryl/α,β-unsaturated/α-hetero) is 1. The van der Waals surface area contributed by atoms with Crippen molar-refractivity contribution in [2.75, 3.05) is 6.61 Å². The number of benzene rings is 3. The Bertz CT molecular complexity index is 2560. The fourth-order valence-electron chi connectivity index (χ4n) is 10.9. The van der Waals surface area contributed by atoms with Crippen LogP contribution in [0.5, 0.6) is 0 Å². The Kier molecular flexibility index (Phi) is 14.5. The molecule has 0 unspecified atom stereocenters. The average Bonchev–Trinajstić information content (AvgIpc) is 3.31. The minimum atomic E-state index is -2.51. The van der Waals surface area contributed by atoms with E-state index in [0.29, 0.717) is 5.56 Å². The van der Waals surface area contributed by atoms with Crippen molar-refractivity contribution in [1.82, 2.24) is 5.32 Å². The summed E-state index contributed by atoms with van der Waals surface area (Å²) in [5, 5.41) is 37.8. The van der Waals surface area contributed by atoms with E-state index in [4.69, 9.17) is 28.4 Å². The molecule has 1 amide bonds. The molecule has 2 saturated carbocycles. The van der Waals surface area contributed by atoms with Crippen LogP contribution in [0, 0.1) is 16.7 Å². The van der Waals surface area contributed by atoms with Crippen molar-refractivity contribution in [1.29, 1.82) is 0 Å². The molecule has 3 fully saturated rings.